The molecule has 4 nitrogen and oxygen atoms in total. The van der Waals surface area contributed by atoms with Crippen LogP contribution in [0.3, 0.4) is 0 Å². The lowest BCUT2D eigenvalue weighted by Gasteiger charge is -2.26. The highest BCUT2D eigenvalue weighted by molar-refractivity contribution is 5.76. The van der Waals surface area contributed by atoms with E-state index in [2.05, 4.69) is 30.5 Å². The predicted molar refractivity (Wildman–Crippen MR) is 78.3 cm³/mol. The van der Waals surface area contributed by atoms with Crippen molar-refractivity contribution in [2.45, 2.75) is 32.2 Å². The van der Waals surface area contributed by atoms with Crippen molar-refractivity contribution in [3.8, 4) is 0 Å². The van der Waals surface area contributed by atoms with Crippen LogP contribution in [-0.4, -0.2) is 29.8 Å². The van der Waals surface area contributed by atoms with Crippen molar-refractivity contribution in [3.63, 3.8) is 0 Å². The fourth-order valence-corrected chi connectivity index (χ4v) is 2.34. The largest absolute Gasteiger partial charge is 0.383 e. The summed E-state index contributed by atoms with van der Waals surface area (Å²) in [5.74, 6) is 1.07. The molecule has 1 atom stereocenters. The Balaban J connectivity index is 2.58. The summed E-state index contributed by atoms with van der Waals surface area (Å²) in [6.45, 7) is 6.42. The molecule has 1 aromatic heterocycles. The number of nitrogens with zero attached hydrogens (tertiary/aromatic N) is 2. The van der Waals surface area contributed by atoms with E-state index in [4.69, 9.17) is 15.5 Å². The molecular weight excluding hydrogens is 238 g/mol. The second-order valence-electron chi connectivity index (χ2n) is 5.19. The maximum absolute atomic E-state index is 5.98. The molecule has 0 amide bonds. The SMILES string of the molecule is CCC(C)(CN)c1nc2ccccc2n1CCOC. The Morgan fingerprint density at radius 2 is 2.11 bits per heavy atom. The van der Waals surface area contributed by atoms with Gasteiger partial charge in [0.2, 0.25) is 0 Å². The molecule has 104 valence electrons. The summed E-state index contributed by atoms with van der Waals surface area (Å²) in [5.41, 5.74) is 8.08. The Labute approximate surface area is 114 Å². The molecule has 0 fully saturated rings. The van der Waals surface area contributed by atoms with Crippen molar-refractivity contribution >= 4 is 11.0 Å². The van der Waals surface area contributed by atoms with Crippen LogP contribution in [0.25, 0.3) is 11.0 Å². The second kappa shape index (κ2) is 5.72. The number of aromatic nitrogens is 2. The molecule has 2 aromatic rings. The number of para-hydroxylation sites is 2. The number of fused-ring (bicyclic) bond motifs is 1. The van der Waals surface area contributed by atoms with E-state index in [9.17, 15) is 0 Å². The average molecular weight is 261 g/mol. The number of benzene rings is 1. The molecule has 0 radical (unpaired) electrons. The van der Waals surface area contributed by atoms with Gasteiger partial charge in [-0.25, -0.2) is 4.98 Å². The van der Waals surface area contributed by atoms with E-state index >= 15 is 0 Å². The van der Waals surface area contributed by atoms with Gasteiger partial charge in [0, 0.05) is 25.6 Å². The monoisotopic (exact) mass is 261 g/mol. The summed E-state index contributed by atoms with van der Waals surface area (Å²) < 4.78 is 7.46. The van der Waals surface area contributed by atoms with Crippen molar-refractivity contribution in [2.75, 3.05) is 20.3 Å². The van der Waals surface area contributed by atoms with Gasteiger partial charge in [0.15, 0.2) is 0 Å². The van der Waals surface area contributed by atoms with Crippen molar-refractivity contribution < 1.29 is 4.74 Å². The van der Waals surface area contributed by atoms with Gasteiger partial charge >= 0.3 is 0 Å². The second-order valence-corrected chi connectivity index (χ2v) is 5.19. The van der Waals surface area contributed by atoms with E-state index in [-0.39, 0.29) is 5.41 Å². The Morgan fingerprint density at radius 3 is 2.74 bits per heavy atom. The van der Waals surface area contributed by atoms with E-state index in [0.717, 1.165) is 29.8 Å². The van der Waals surface area contributed by atoms with Gasteiger partial charge in [-0.2, -0.15) is 0 Å². The third-order valence-corrected chi connectivity index (χ3v) is 3.94. The normalized spacial score (nSPS) is 14.7. The van der Waals surface area contributed by atoms with Gasteiger partial charge in [0.25, 0.3) is 0 Å². The standard InChI is InChI=1S/C15H23N3O/c1-4-15(2,11-16)14-17-12-7-5-6-8-13(12)18(14)9-10-19-3/h5-8H,4,9-11,16H2,1-3H3. The van der Waals surface area contributed by atoms with Crippen LogP contribution < -0.4 is 5.73 Å². The van der Waals surface area contributed by atoms with Gasteiger partial charge in [-0.05, 0) is 18.6 Å². The minimum atomic E-state index is -0.0905. The smallest absolute Gasteiger partial charge is 0.117 e. The highest BCUT2D eigenvalue weighted by atomic mass is 16.5. The molecule has 0 aliphatic carbocycles. The summed E-state index contributed by atoms with van der Waals surface area (Å²) in [4.78, 5) is 4.81. The number of ether oxygens (including phenoxy) is 1. The van der Waals surface area contributed by atoms with E-state index < -0.39 is 0 Å². The van der Waals surface area contributed by atoms with Crippen LogP contribution in [0.5, 0.6) is 0 Å². The van der Waals surface area contributed by atoms with Crippen LogP contribution in [0.1, 0.15) is 26.1 Å². The quantitative estimate of drug-likeness (QED) is 0.868. The molecule has 1 unspecified atom stereocenters. The zero-order valence-electron chi connectivity index (χ0n) is 12.0. The molecule has 0 saturated carbocycles. The van der Waals surface area contributed by atoms with Crippen molar-refractivity contribution in [3.05, 3.63) is 30.1 Å². The minimum Gasteiger partial charge on any atom is -0.383 e. The molecule has 2 N–H and O–H groups in total. The van der Waals surface area contributed by atoms with Crippen LogP contribution in [0.2, 0.25) is 0 Å². The molecule has 0 aliphatic rings. The summed E-state index contributed by atoms with van der Waals surface area (Å²) in [6.07, 6.45) is 0.972. The van der Waals surface area contributed by atoms with Crippen molar-refractivity contribution in [1.82, 2.24) is 9.55 Å². The van der Waals surface area contributed by atoms with Crippen molar-refractivity contribution in [1.29, 1.82) is 0 Å². The van der Waals surface area contributed by atoms with Gasteiger partial charge < -0.3 is 15.0 Å². The van der Waals surface area contributed by atoms with E-state index in [0.29, 0.717) is 13.2 Å². The molecule has 4 heteroatoms. The lowest BCUT2D eigenvalue weighted by molar-refractivity contribution is 0.185. The number of methoxy groups -OCH3 is 1. The molecule has 0 saturated heterocycles. The molecule has 19 heavy (non-hydrogen) atoms. The topological polar surface area (TPSA) is 53.1 Å². The van der Waals surface area contributed by atoms with Gasteiger partial charge in [-0.1, -0.05) is 26.0 Å². The fraction of sp³-hybridized carbons (Fsp3) is 0.533. The van der Waals surface area contributed by atoms with Crippen LogP contribution in [0, 0.1) is 0 Å². The molecule has 0 bridgehead atoms. The summed E-state index contributed by atoms with van der Waals surface area (Å²) >= 11 is 0. The summed E-state index contributed by atoms with van der Waals surface area (Å²) in [7, 11) is 1.72. The Kier molecular flexibility index (Phi) is 4.22. The molecule has 1 aromatic carbocycles. The maximum Gasteiger partial charge on any atom is 0.117 e. The van der Waals surface area contributed by atoms with E-state index in [1.807, 2.05) is 12.1 Å². The van der Waals surface area contributed by atoms with Crippen LogP contribution in [-0.2, 0) is 16.7 Å². The zero-order chi connectivity index (χ0) is 13.9. The molecule has 0 spiro atoms. The van der Waals surface area contributed by atoms with E-state index in [1.54, 1.807) is 7.11 Å². The number of hydrogen-bond donors (Lipinski definition) is 1. The molecule has 1 heterocycles. The first kappa shape index (κ1) is 14.0. The van der Waals surface area contributed by atoms with Gasteiger partial charge in [0.1, 0.15) is 5.82 Å². The van der Waals surface area contributed by atoms with Gasteiger partial charge in [-0.3, -0.25) is 0 Å². The fourth-order valence-electron chi connectivity index (χ4n) is 2.34. The number of nitrogens with two attached hydrogens (primary N) is 1. The number of rotatable bonds is 6. The Morgan fingerprint density at radius 1 is 1.37 bits per heavy atom. The van der Waals surface area contributed by atoms with Crippen LogP contribution >= 0.6 is 0 Å². The molecular formula is C15H23N3O. The maximum atomic E-state index is 5.98. The van der Waals surface area contributed by atoms with Crippen LogP contribution in [0.15, 0.2) is 24.3 Å². The van der Waals surface area contributed by atoms with Crippen LogP contribution in [0.4, 0.5) is 0 Å². The third-order valence-electron chi connectivity index (χ3n) is 3.94. The molecule has 2 rings (SSSR count). The number of hydrogen-bond acceptors (Lipinski definition) is 3. The first-order chi connectivity index (χ1) is 9.16. The van der Waals surface area contributed by atoms with Crippen molar-refractivity contribution in [2.24, 2.45) is 5.73 Å². The van der Waals surface area contributed by atoms with Gasteiger partial charge in [-0.15, -0.1) is 0 Å². The van der Waals surface area contributed by atoms with E-state index in [1.165, 1.54) is 0 Å². The average Bonchev–Trinajstić information content (AvgIpc) is 2.83. The number of imidazole rings is 1. The highest BCUT2D eigenvalue weighted by Crippen LogP contribution is 2.29. The highest BCUT2D eigenvalue weighted by Gasteiger charge is 2.29. The summed E-state index contributed by atoms with van der Waals surface area (Å²) in [6, 6.07) is 8.22. The lowest BCUT2D eigenvalue weighted by Crippen LogP contribution is -2.34. The minimum absolute atomic E-state index is 0.0905. The third kappa shape index (κ3) is 2.51. The first-order valence-corrected chi connectivity index (χ1v) is 6.81. The summed E-state index contributed by atoms with van der Waals surface area (Å²) in [5, 5.41) is 0. The van der Waals surface area contributed by atoms with Gasteiger partial charge in [0.05, 0.1) is 17.6 Å². The first-order valence-electron chi connectivity index (χ1n) is 6.81. The Hall–Kier alpha value is -1.39. The Bertz CT molecular complexity index is 543. The predicted octanol–water partition coefficient (Wildman–Crippen LogP) is 2.31. The lowest BCUT2D eigenvalue weighted by atomic mass is 9.86. The zero-order valence-corrected chi connectivity index (χ0v) is 12.0. The molecule has 0 aliphatic heterocycles.